The lowest BCUT2D eigenvalue weighted by molar-refractivity contribution is -0.156. The summed E-state index contributed by atoms with van der Waals surface area (Å²) >= 11 is 0. The van der Waals surface area contributed by atoms with Crippen LogP contribution in [0.2, 0.25) is 0 Å². The van der Waals surface area contributed by atoms with Crippen LogP contribution in [0.1, 0.15) is 36.2 Å². The molecule has 3 heterocycles. The van der Waals surface area contributed by atoms with Gasteiger partial charge >= 0.3 is 6.03 Å². The van der Waals surface area contributed by atoms with Crippen molar-refractivity contribution in [3.05, 3.63) is 107 Å². The SMILES string of the molecule is C#CCn1ccc(/C=C\C=C(/CC)CN2C[C@H]3N(C(=O)CN3N(C)C(=O)NCc3ccccc3)[C@@H](c3ccccc3)C2=O)n1. The normalized spacial score (nSPS) is 18.9. The third-order valence-corrected chi connectivity index (χ3v) is 7.90. The topological polar surface area (TPSA) is 94.0 Å². The Morgan fingerprint density at radius 3 is 2.55 bits per heavy atom. The Morgan fingerprint density at radius 2 is 1.84 bits per heavy atom. The molecule has 2 aromatic carbocycles. The lowest BCUT2D eigenvalue weighted by Gasteiger charge is -2.46. The molecular formula is C34H37N7O3. The number of allylic oxidation sites excluding steroid dienone is 2. The molecule has 226 valence electrons. The molecule has 5 rings (SSSR count). The van der Waals surface area contributed by atoms with Crippen molar-refractivity contribution in [2.75, 3.05) is 26.7 Å². The molecule has 0 aliphatic carbocycles. The first-order valence-corrected chi connectivity index (χ1v) is 14.7. The van der Waals surface area contributed by atoms with Gasteiger partial charge in [0.15, 0.2) is 0 Å². The molecule has 1 aromatic heterocycles. The van der Waals surface area contributed by atoms with Crippen LogP contribution < -0.4 is 5.32 Å². The molecule has 2 saturated heterocycles. The summed E-state index contributed by atoms with van der Waals surface area (Å²) in [5.41, 5.74) is 3.54. The third-order valence-electron chi connectivity index (χ3n) is 7.90. The summed E-state index contributed by atoms with van der Waals surface area (Å²) in [6.45, 7) is 3.47. The van der Waals surface area contributed by atoms with E-state index in [9.17, 15) is 14.4 Å². The monoisotopic (exact) mass is 591 g/mol. The van der Waals surface area contributed by atoms with E-state index in [4.69, 9.17) is 6.42 Å². The minimum atomic E-state index is -0.790. The Kier molecular flexibility index (Phi) is 9.57. The quantitative estimate of drug-likeness (QED) is 0.287. The highest BCUT2D eigenvalue weighted by molar-refractivity contribution is 5.92. The number of carbonyl (C=O) groups excluding carboxylic acids is 3. The summed E-state index contributed by atoms with van der Waals surface area (Å²) in [5.74, 6) is 2.23. The summed E-state index contributed by atoms with van der Waals surface area (Å²) in [5, 5.41) is 10.6. The van der Waals surface area contributed by atoms with Crippen molar-refractivity contribution < 1.29 is 14.4 Å². The van der Waals surface area contributed by atoms with Crippen LogP contribution in [0.4, 0.5) is 4.79 Å². The minimum absolute atomic E-state index is 0.00406. The van der Waals surface area contributed by atoms with Crippen molar-refractivity contribution in [2.24, 2.45) is 0 Å². The number of hydrogen-bond acceptors (Lipinski definition) is 5. The highest BCUT2D eigenvalue weighted by Crippen LogP contribution is 2.35. The lowest BCUT2D eigenvalue weighted by Crippen LogP contribution is -2.62. The van der Waals surface area contributed by atoms with Gasteiger partial charge in [-0.05, 0) is 29.7 Å². The molecule has 44 heavy (non-hydrogen) atoms. The number of terminal acetylenes is 1. The molecule has 0 radical (unpaired) electrons. The number of nitrogens with zero attached hydrogens (tertiary/aromatic N) is 6. The maximum absolute atomic E-state index is 14.0. The second-order valence-corrected chi connectivity index (χ2v) is 10.8. The van der Waals surface area contributed by atoms with Gasteiger partial charge in [-0.2, -0.15) is 10.1 Å². The van der Waals surface area contributed by atoms with Gasteiger partial charge < -0.3 is 15.1 Å². The lowest BCUT2D eigenvalue weighted by atomic mass is 9.99. The number of hydrogen-bond donors (Lipinski definition) is 1. The van der Waals surface area contributed by atoms with Crippen molar-refractivity contribution in [2.45, 2.75) is 38.6 Å². The number of carbonyl (C=O) groups is 3. The van der Waals surface area contributed by atoms with E-state index >= 15 is 0 Å². The fourth-order valence-electron chi connectivity index (χ4n) is 5.56. The second kappa shape index (κ2) is 13.9. The van der Waals surface area contributed by atoms with E-state index in [1.165, 1.54) is 5.01 Å². The van der Waals surface area contributed by atoms with Gasteiger partial charge in [0.05, 0.1) is 18.8 Å². The summed E-state index contributed by atoms with van der Waals surface area (Å²) in [4.78, 5) is 44.2. The summed E-state index contributed by atoms with van der Waals surface area (Å²) in [7, 11) is 1.66. The molecule has 4 amide bonds. The van der Waals surface area contributed by atoms with Gasteiger partial charge in [-0.15, -0.1) is 6.42 Å². The molecule has 3 aromatic rings. The molecule has 0 saturated carbocycles. The van der Waals surface area contributed by atoms with Crippen LogP contribution in [0.15, 0.2) is 90.7 Å². The first-order chi connectivity index (χ1) is 21.4. The van der Waals surface area contributed by atoms with E-state index < -0.39 is 12.2 Å². The number of amides is 4. The average Bonchev–Trinajstić information content (AvgIpc) is 3.63. The molecule has 2 atom stereocenters. The van der Waals surface area contributed by atoms with E-state index in [0.29, 0.717) is 19.6 Å². The van der Waals surface area contributed by atoms with Crippen molar-refractivity contribution in [3.8, 4) is 12.3 Å². The highest BCUT2D eigenvalue weighted by Gasteiger charge is 2.52. The van der Waals surface area contributed by atoms with Gasteiger partial charge in [-0.1, -0.05) is 91.2 Å². The maximum atomic E-state index is 14.0. The summed E-state index contributed by atoms with van der Waals surface area (Å²) in [6.07, 6.45) is 13.2. The standard InChI is InChI=1S/C34H37N7O3/c1-4-20-39-21-19-29(36-39)18-12-15-26(5-2)23-38-24-30-40(37(3)34(44)35-22-27-13-8-6-9-14-27)25-31(42)41(30)32(33(38)43)28-16-10-7-11-17-28/h1,6-19,21,30,32H,5,20,22-25H2,2-3H3,(H,35,44)/b18-12-,26-15+/t30-,32+/m1/s1. The molecule has 2 aliphatic rings. The van der Waals surface area contributed by atoms with Gasteiger partial charge in [0, 0.05) is 26.3 Å². The summed E-state index contributed by atoms with van der Waals surface area (Å²) < 4.78 is 1.69. The Balaban J connectivity index is 1.36. The molecule has 0 spiro atoms. The van der Waals surface area contributed by atoms with E-state index in [1.54, 1.807) is 26.5 Å². The number of piperazine rings is 1. The number of nitrogens with one attached hydrogen (secondary N) is 1. The predicted octanol–water partition coefficient (Wildman–Crippen LogP) is 3.68. The first-order valence-electron chi connectivity index (χ1n) is 14.7. The van der Waals surface area contributed by atoms with Gasteiger partial charge in [0.25, 0.3) is 0 Å². The average molecular weight is 592 g/mol. The zero-order chi connectivity index (χ0) is 31.1. The Hall–Kier alpha value is -5.14. The number of fused-ring (bicyclic) bond motifs is 1. The fraction of sp³-hybridized carbons (Fsp3) is 0.294. The van der Waals surface area contributed by atoms with Gasteiger partial charge in [0.2, 0.25) is 11.8 Å². The van der Waals surface area contributed by atoms with Crippen molar-refractivity contribution >= 4 is 23.9 Å². The number of benzene rings is 2. The van der Waals surface area contributed by atoms with Crippen molar-refractivity contribution in [3.63, 3.8) is 0 Å². The summed E-state index contributed by atoms with van der Waals surface area (Å²) in [6, 6.07) is 19.8. The van der Waals surface area contributed by atoms with Gasteiger partial charge in [0.1, 0.15) is 18.8 Å². The van der Waals surface area contributed by atoms with Crippen LogP contribution >= 0.6 is 0 Å². The van der Waals surface area contributed by atoms with Crippen molar-refractivity contribution in [1.29, 1.82) is 0 Å². The molecular weight excluding hydrogens is 554 g/mol. The van der Waals surface area contributed by atoms with E-state index in [0.717, 1.165) is 28.8 Å². The molecule has 2 fully saturated rings. The Bertz CT molecular complexity index is 1570. The zero-order valence-electron chi connectivity index (χ0n) is 25.0. The van der Waals surface area contributed by atoms with E-state index in [2.05, 4.69) is 16.3 Å². The maximum Gasteiger partial charge on any atom is 0.332 e. The van der Waals surface area contributed by atoms with Crippen LogP contribution in [0.25, 0.3) is 6.08 Å². The van der Waals surface area contributed by atoms with E-state index in [-0.39, 0.29) is 30.9 Å². The third kappa shape index (κ3) is 6.74. The van der Waals surface area contributed by atoms with Gasteiger partial charge in [-0.3, -0.25) is 19.3 Å². The molecule has 10 nitrogen and oxygen atoms in total. The van der Waals surface area contributed by atoms with Crippen LogP contribution in [0.3, 0.4) is 0 Å². The van der Waals surface area contributed by atoms with Crippen LogP contribution in [0.5, 0.6) is 0 Å². The number of aromatic nitrogens is 2. The molecule has 1 N–H and O–H groups in total. The molecule has 0 unspecified atom stereocenters. The number of rotatable bonds is 10. The molecule has 2 aliphatic heterocycles. The van der Waals surface area contributed by atoms with Gasteiger partial charge in [-0.25, -0.2) is 4.79 Å². The molecule has 10 heteroatoms. The van der Waals surface area contributed by atoms with Crippen LogP contribution in [0, 0.1) is 12.3 Å². The highest BCUT2D eigenvalue weighted by atomic mass is 16.2. The second-order valence-electron chi connectivity index (χ2n) is 10.8. The Morgan fingerprint density at radius 1 is 1.11 bits per heavy atom. The van der Waals surface area contributed by atoms with Crippen molar-refractivity contribution in [1.82, 2.24) is 34.9 Å². The van der Waals surface area contributed by atoms with Crippen LogP contribution in [-0.2, 0) is 22.7 Å². The van der Waals surface area contributed by atoms with Crippen LogP contribution in [-0.4, -0.2) is 80.3 Å². The predicted molar refractivity (Wildman–Crippen MR) is 168 cm³/mol. The first kappa shape index (κ1) is 30.3. The minimum Gasteiger partial charge on any atom is -0.333 e. The Labute approximate surface area is 258 Å². The largest absolute Gasteiger partial charge is 0.333 e. The molecule has 0 bridgehead atoms. The number of hydrazine groups is 1. The smallest absolute Gasteiger partial charge is 0.332 e. The fourth-order valence-corrected chi connectivity index (χ4v) is 5.56. The number of urea groups is 1. The van der Waals surface area contributed by atoms with E-state index in [1.807, 2.05) is 98.1 Å². The zero-order valence-corrected chi connectivity index (χ0v) is 25.0.